The fraction of sp³-hybridized carbons (Fsp3) is 1.00. The second-order valence-corrected chi connectivity index (χ2v) is 4.05. The van der Waals surface area contributed by atoms with E-state index in [1.165, 1.54) is 12.8 Å². The van der Waals surface area contributed by atoms with E-state index in [0.717, 1.165) is 32.8 Å². The highest BCUT2D eigenvalue weighted by Gasteiger charge is 2.40. The van der Waals surface area contributed by atoms with Gasteiger partial charge in [0.25, 0.3) is 0 Å². The van der Waals surface area contributed by atoms with Crippen molar-refractivity contribution in [2.75, 3.05) is 39.5 Å². The van der Waals surface area contributed by atoms with Crippen LogP contribution in [0.3, 0.4) is 0 Å². The Morgan fingerprint density at radius 2 is 2.33 bits per heavy atom. The van der Waals surface area contributed by atoms with Gasteiger partial charge in [0.05, 0.1) is 13.2 Å². The first-order valence-corrected chi connectivity index (χ1v) is 4.76. The zero-order valence-electron chi connectivity index (χ0n) is 7.46. The molecule has 2 saturated heterocycles. The highest BCUT2D eigenvalue weighted by Crippen LogP contribution is 2.37. The van der Waals surface area contributed by atoms with Crippen LogP contribution in [0.4, 0.5) is 0 Å². The Bertz CT molecular complexity index is 155. The average Bonchev–Trinajstić information content (AvgIpc) is 2.65. The van der Waals surface area contributed by atoms with Crippen molar-refractivity contribution < 1.29 is 9.84 Å². The van der Waals surface area contributed by atoms with Crippen LogP contribution in [0, 0.1) is 5.41 Å². The van der Waals surface area contributed by atoms with Crippen LogP contribution in [0.5, 0.6) is 0 Å². The van der Waals surface area contributed by atoms with Crippen LogP contribution < -0.4 is 0 Å². The van der Waals surface area contributed by atoms with Gasteiger partial charge in [-0.05, 0) is 19.4 Å². The molecule has 1 N–H and O–H groups in total. The maximum atomic E-state index is 8.78. The molecule has 0 aromatic carbocycles. The lowest BCUT2D eigenvalue weighted by Gasteiger charge is -2.21. The maximum absolute atomic E-state index is 8.78. The Morgan fingerprint density at radius 3 is 3.00 bits per heavy atom. The predicted octanol–water partition coefficient (Wildman–Crippen LogP) is 0.0911. The smallest absolute Gasteiger partial charge is 0.0558 e. The van der Waals surface area contributed by atoms with Gasteiger partial charge in [-0.3, -0.25) is 0 Å². The van der Waals surface area contributed by atoms with E-state index < -0.39 is 0 Å². The van der Waals surface area contributed by atoms with Gasteiger partial charge in [0, 0.05) is 25.1 Å². The van der Waals surface area contributed by atoms with Gasteiger partial charge in [0.2, 0.25) is 0 Å². The van der Waals surface area contributed by atoms with Crippen LogP contribution in [0.15, 0.2) is 0 Å². The van der Waals surface area contributed by atoms with Gasteiger partial charge in [-0.25, -0.2) is 0 Å². The van der Waals surface area contributed by atoms with E-state index in [1.54, 1.807) is 0 Å². The van der Waals surface area contributed by atoms with Crippen LogP contribution in [0.2, 0.25) is 0 Å². The molecular weight excluding hydrogens is 154 g/mol. The summed E-state index contributed by atoms with van der Waals surface area (Å²) in [6, 6.07) is 0. The summed E-state index contributed by atoms with van der Waals surface area (Å²) in [7, 11) is 0. The average molecular weight is 171 g/mol. The Labute approximate surface area is 73.3 Å². The lowest BCUT2D eigenvalue weighted by atomic mass is 9.87. The molecule has 2 rings (SSSR count). The first-order chi connectivity index (χ1) is 5.85. The van der Waals surface area contributed by atoms with Crippen molar-refractivity contribution in [1.29, 1.82) is 0 Å². The van der Waals surface area contributed by atoms with Gasteiger partial charge in [-0.15, -0.1) is 0 Å². The molecule has 0 amide bonds. The van der Waals surface area contributed by atoms with E-state index in [2.05, 4.69) is 4.90 Å². The Hall–Kier alpha value is -0.120. The van der Waals surface area contributed by atoms with E-state index in [9.17, 15) is 0 Å². The summed E-state index contributed by atoms with van der Waals surface area (Å²) in [5.41, 5.74) is 0.454. The minimum absolute atomic E-state index is 0.289. The van der Waals surface area contributed by atoms with Crippen LogP contribution >= 0.6 is 0 Å². The van der Waals surface area contributed by atoms with Gasteiger partial charge >= 0.3 is 0 Å². The molecule has 2 aliphatic heterocycles. The molecule has 1 spiro atoms. The Balaban J connectivity index is 1.88. The fourth-order valence-electron chi connectivity index (χ4n) is 2.33. The van der Waals surface area contributed by atoms with E-state index >= 15 is 0 Å². The number of aliphatic hydroxyl groups is 1. The first kappa shape index (κ1) is 8.48. The van der Waals surface area contributed by atoms with E-state index in [4.69, 9.17) is 9.84 Å². The molecule has 0 aromatic heterocycles. The number of aliphatic hydroxyl groups excluding tert-OH is 1. The molecule has 0 saturated carbocycles. The molecular formula is C9H17NO2. The van der Waals surface area contributed by atoms with Gasteiger partial charge in [0.15, 0.2) is 0 Å². The minimum Gasteiger partial charge on any atom is -0.395 e. The molecule has 0 aromatic rings. The molecule has 1 atom stereocenters. The van der Waals surface area contributed by atoms with Crippen LogP contribution in [-0.4, -0.2) is 49.5 Å². The van der Waals surface area contributed by atoms with Crippen LogP contribution in [0.1, 0.15) is 12.8 Å². The summed E-state index contributed by atoms with van der Waals surface area (Å²) in [6.45, 7) is 5.28. The SMILES string of the molecule is OCCN1CC[C@@]2(CCOC2)C1. The van der Waals surface area contributed by atoms with Crippen molar-refractivity contribution in [2.24, 2.45) is 5.41 Å². The summed E-state index contributed by atoms with van der Waals surface area (Å²) in [4.78, 5) is 2.34. The number of likely N-dealkylation sites (tertiary alicyclic amines) is 1. The number of hydrogen-bond acceptors (Lipinski definition) is 3. The van der Waals surface area contributed by atoms with Crippen molar-refractivity contribution in [3.05, 3.63) is 0 Å². The molecule has 3 heteroatoms. The Morgan fingerprint density at radius 1 is 1.42 bits per heavy atom. The summed E-state index contributed by atoms with van der Waals surface area (Å²) in [6.07, 6.45) is 2.47. The molecule has 0 bridgehead atoms. The number of hydrogen-bond donors (Lipinski definition) is 1. The van der Waals surface area contributed by atoms with E-state index in [1.807, 2.05) is 0 Å². The van der Waals surface area contributed by atoms with E-state index in [-0.39, 0.29) is 6.61 Å². The van der Waals surface area contributed by atoms with Gasteiger partial charge in [-0.1, -0.05) is 0 Å². The highest BCUT2D eigenvalue weighted by atomic mass is 16.5. The predicted molar refractivity (Wildman–Crippen MR) is 46.0 cm³/mol. The van der Waals surface area contributed by atoms with Crippen molar-refractivity contribution in [3.8, 4) is 0 Å². The molecule has 0 radical (unpaired) electrons. The molecule has 2 heterocycles. The second kappa shape index (κ2) is 3.32. The van der Waals surface area contributed by atoms with Gasteiger partial charge in [0.1, 0.15) is 0 Å². The quantitative estimate of drug-likeness (QED) is 0.639. The molecule has 70 valence electrons. The van der Waals surface area contributed by atoms with Crippen molar-refractivity contribution in [1.82, 2.24) is 4.90 Å². The summed E-state index contributed by atoms with van der Waals surface area (Å²) in [5.74, 6) is 0. The topological polar surface area (TPSA) is 32.7 Å². The van der Waals surface area contributed by atoms with Gasteiger partial charge in [-0.2, -0.15) is 0 Å². The normalized spacial score (nSPS) is 36.8. The number of rotatable bonds is 2. The standard InChI is InChI=1S/C9H17NO2/c11-5-4-10-3-1-9(7-10)2-6-12-8-9/h11H,1-8H2/t9-/m1/s1. The zero-order chi connectivity index (χ0) is 8.44. The largest absolute Gasteiger partial charge is 0.395 e. The monoisotopic (exact) mass is 171 g/mol. The summed E-state index contributed by atoms with van der Waals surface area (Å²) >= 11 is 0. The first-order valence-electron chi connectivity index (χ1n) is 4.76. The minimum atomic E-state index is 0.289. The third-order valence-electron chi connectivity index (χ3n) is 3.12. The number of β-amino-alcohol motifs (C(OH)–C–C–N with tert-alkyl or cyclic N) is 1. The van der Waals surface area contributed by atoms with Crippen LogP contribution in [-0.2, 0) is 4.74 Å². The van der Waals surface area contributed by atoms with Crippen molar-refractivity contribution >= 4 is 0 Å². The summed E-state index contributed by atoms with van der Waals surface area (Å²) in [5, 5.41) is 8.78. The highest BCUT2D eigenvalue weighted by molar-refractivity contribution is 4.92. The van der Waals surface area contributed by atoms with Gasteiger partial charge < -0.3 is 14.7 Å². The summed E-state index contributed by atoms with van der Waals surface area (Å²) < 4.78 is 5.42. The van der Waals surface area contributed by atoms with Crippen molar-refractivity contribution in [2.45, 2.75) is 12.8 Å². The third kappa shape index (κ3) is 1.49. The zero-order valence-corrected chi connectivity index (χ0v) is 7.46. The molecule has 2 fully saturated rings. The lowest BCUT2D eigenvalue weighted by molar-refractivity contribution is 0.147. The second-order valence-electron chi connectivity index (χ2n) is 4.05. The molecule has 3 nitrogen and oxygen atoms in total. The third-order valence-corrected chi connectivity index (χ3v) is 3.12. The molecule has 0 aliphatic carbocycles. The Kier molecular flexibility index (Phi) is 2.35. The molecule has 0 unspecified atom stereocenters. The van der Waals surface area contributed by atoms with Crippen LogP contribution in [0.25, 0.3) is 0 Å². The fourth-order valence-corrected chi connectivity index (χ4v) is 2.33. The molecule has 2 aliphatic rings. The van der Waals surface area contributed by atoms with E-state index in [0.29, 0.717) is 5.41 Å². The number of nitrogens with zero attached hydrogens (tertiary/aromatic N) is 1. The lowest BCUT2D eigenvalue weighted by Crippen LogP contribution is -2.29. The molecule has 12 heavy (non-hydrogen) atoms. The van der Waals surface area contributed by atoms with Crippen molar-refractivity contribution in [3.63, 3.8) is 0 Å². The number of ether oxygens (including phenoxy) is 1. The maximum Gasteiger partial charge on any atom is 0.0558 e.